The lowest BCUT2D eigenvalue weighted by Crippen LogP contribution is -2.00. The van der Waals surface area contributed by atoms with Gasteiger partial charge in [0.2, 0.25) is 0 Å². The van der Waals surface area contributed by atoms with E-state index >= 15 is 0 Å². The van der Waals surface area contributed by atoms with Gasteiger partial charge < -0.3 is 0 Å². The number of allylic oxidation sites excluding steroid dienone is 6. The highest BCUT2D eigenvalue weighted by Crippen LogP contribution is 2.45. The van der Waals surface area contributed by atoms with Crippen LogP contribution in [-0.2, 0) is 9.59 Å². The van der Waals surface area contributed by atoms with Crippen LogP contribution in [0.4, 0.5) is 0 Å². The lowest BCUT2D eigenvalue weighted by Gasteiger charge is -1.95. The molecule has 0 unspecified atom stereocenters. The van der Waals surface area contributed by atoms with Gasteiger partial charge >= 0.3 is 0 Å². The van der Waals surface area contributed by atoms with Crippen molar-refractivity contribution >= 4 is 11.6 Å². The summed E-state index contributed by atoms with van der Waals surface area (Å²) in [7, 11) is 0. The third kappa shape index (κ3) is 0.491. The molecule has 2 nitrogen and oxygen atoms in total. The van der Waals surface area contributed by atoms with Gasteiger partial charge in [0.15, 0.2) is 11.6 Å². The van der Waals surface area contributed by atoms with Gasteiger partial charge in [-0.3, -0.25) is 9.59 Å². The first-order chi connectivity index (χ1) is 5.77. The number of carbonyl (C=O) groups excluding carboxylic acids is 2. The van der Waals surface area contributed by atoms with Crippen molar-refractivity contribution in [1.82, 2.24) is 0 Å². The molecule has 0 saturated heterocycles. The predicted octanol–water partition coefficient (Wildman–Crippen LogP) is 1.09. The molecular formula is C10H6O2. The molecule has 0 radical (unpaired) electrons. The molecule has 0 fully saturated rings. The minimum absolute atomic E-state index is 0.0179. The molecule has 0 aromatic carbocycles. The molecule has 12 heavy (non-hydrogen) atoms. The number of hydrogen-bond acceptors (Lipinski definition) is 2. The van der Waals surface area contributed by atoms with Crippen LogP contribution in [-0.4, -0.2) is 11.6 Å². The second-order valence-electron chi connectivity index (χ2n) is 3.33. The Labute approximate surface area is 69.3 Å². The summed E-state index contributed by atoms with van der Waals surface area (Å²) in [5, 5.41) is 0. The molecule has 0 N–H and O–H groups in total. The number of ketones is 2. The predicted molar refractivity (Wildman–Crippen MR) is 42.4 cm³/mol. The molecule has 3 aliphatic rings. The molecule has 0 amide bonds. The van der Waals surface area contributed by atoms with E-state index in [2.05, 4.69) is 0 Å². The van der Waals surface area contributed by atoms with E-state index in [0.29, 0.717) is 0 Å². The van der Waals surface area contributed by atoms with E-state index in [1.807, 2.05) is 12.2 Å². The molecular weight excluding hydrogens is 152 g/mol. The average molecular weight is 158 g/mol. The summed E-state index contributed by atoms with van der Waals surface area (Å²) < 4.78 is 0. The van der Waals surface area contributed by atoms with Crippen LogP contribution < -0.4 is 0 Å². The highest BCUT2D eigenvalue weighted by Gasteiger charge is 2.40. The number of hydrogen-bond donors (Lipinski definition) is 0. The van der Waals surface area contributed by atoms with E-state index in [1.54, 1.807) is 0 Å². The van der Waals surface area contributed by atoms with Gasteiger partial charge in [-0.25, -0.2) is 0 Å². The molecule has 0 heterocycles. The largest absolute Gasteiger partial charge is 0.294 e. The van der Waals surface area contributed by atoms with Gasteiger partial charge in [0.25, 0.3) is 0 Å². The minimum Gasteiger partial charge on any atom is -0.294 e. The van der Waals surface area contributed by atoms with E-state index in [0.717, 1.165) is 28.7 Å². The zero-order valence-corrected chi connectivity index (χ0v) is 6.39. The quantitative estimate of drug-likeness (QED) is 0.494. The molecule has 0 aromatic heterocycles. The summed E-state index contributed by atoms with van der Waals surface area (Å²) in [5.41, 5.74) is 3.54. The third-order valence-electron chi connectivity index (χ3n) is 2.64. The van der Waals surface area contributed by atoms with Crippen molar-refractivity contribution in [2.45, 2.75) is 12.8 Å². The van der Waals surface area contributed by atoms with Gasteiger partial charge in [-0.05, 0) is 17.6 Å². The van der Waals surface area contributed by atoms with Crippen molar-refractivity contribution in [3.05, 3.63) is 34.4 Å². The summed E-state index contributed by atoms with van der Waals surface area (Å²) in [4.78, 5) is 22.6. The van der Waals surface area contributed by atoms with E-state index in [-0.39, 0.29) is 18.0 Å². The third-order valence-corrected chi connectivity index (χ3v) is 2.64. The van der Waals surface area contributed by atoms with Crippen LogP contribution in [0.25, 0.3) is 0 Å². The van der Waals surface area contributed by atoms with Crippen LogP contribution in [0, 0.1) is 0 Å². The lowest BCUT2D eigenvalue weighted by molar-refractivity contribution is -0.120. The van der Waals surface area contributed by atoms with Gasteiger partial charge in [0.05, 0.1) is 6.42 Å². The Bertz CT molecular complexity index is 381. The maximum Gasteiger partial charge on any atom is 0.171 e. The van der Waals surface area contributed by atoms with Gasteiger partial charge in [0.1, 0.15) is 0 Å². The molecule has 0 aromatic rings. The normalized spacial score (nSPS) is 25.0. The first-order valence-corrected chi connectivity index (χ1v) is 3.98. The molecule has 0 saturated carbocycles. The number of rotatable bonds is 0. The lowest BCUT2D eigenvalue weighted by atomic mass is 10.1. The van der Waals surface area contributed by atoms with Crippen LogP contribution in [0.3, 0.4) is 0 Å². The van der Waals surface area contributed by atoms with Crippen molar-refractivity contribution in [2.75, 3.05) is 0 Å². The Morgan fingerprint density at radius 1 is 0.833 bits per heavy atom. The van der Waals surface area contributed by atoms with Crippen LogP contribution in [0.2, 0.25) is 0 Å². The molecule has 0 atom stereocenters. The minimum atomic E-state index is 0.0179. The molecule has 2 heteroatoms. The average Bonchev–Trinajstić information content (AvgIpc) is 2.64. The maximum absolute atomic E-state index is 11.3. The highest BCUT2D eigenvalue weighted by atomic mass is 16.2. The Hall–Kier alpha value is -1.44. The fraction of sp³-hybridized carbons (Fsp3) is 0.200. The smallest absolute Gasteiger partial charge is 0.171 e. The summed E-state index contributed by atoms with van der Waals surface area (Å²) in [6.45, 7) is 0. The fourth-order valence-electron chi connectivity index (χ4n) is 2.15. The second-order valence-corrected chi connectivity index (χ2v) is 3.33. The van der Waals surface area contributed by atoms with E-state index < -0.39 is 0 Å². The standard InChI is InChI=1S/C10H6O2/c11-7-4-8(12)10-6-2-1-5(3-6)9(7)10/h1-2H,3-4H2. The van der Waals surface area contributed by atoms with E-state index in [9.17, 15) is 9.59 Å². The summed E-state index contributed by atoms with van der Waals surface area (Å²) in [6.07, 6.45) is 4.80. The molecule has 58 valence electrons. The molecule has 0 aliphatic heterocycles. The summed E-state index contributed by atoms with van der Waals surface area (Å²) in [5.74, 6) is 0.0358. The highest BCUT2D eigenvalue weighted by molar-refractivity contribution is 6.27. The first kappa shape index (κ1) is 6.12. The van der Waals surface area contributed by atoms with Gasteiger partial charge in [-0.1, -0.05) is 12.2 Å². The SMILES string of the molecule is O=C1CC(=O)C2=C1C1=CC=C2C1. The molecule has 3 rings (SSSR count). The van der Waals surface area contributed by atoms with E-state index in [1.165, 1.54) is 0 Å². The Balaban J connectivity index is 2.32. The van der Waals surface area contributed by atoms with Crippen LogP contribution in [0.1, 0.15) is 12.8 Å². The number of carbonyl (C=O) groups is 2. The van der Waals surface area contributed by atoms with Crippen molar-refractivity contribution in [2.24, 2.45) is 0 Å². The zero-order valence-electron chi connectivity index (χ0n) is 6.39. The van der Waals surface area contributed by atoms with E-state index in [4.69, 9.17) is 0 Å². The van der Waals surface area contributed by atoms with Gasteiger partial charge in [-0.2, -0.15) is 0 Å². The van der Waals surface area contributed by atoms with Crippen molar-refractivity contribution in [1.29, 1.82) is 0 Å². The molecule has 0 spiro atoms. The number of fused-ring (bicyclic) bond motifs is 4. The Morgan fingerprint density at radius 2 is 1.33 bits per heavy atom. The fourth-order valence-corrected chi connectivity index (χ4v) is 2.15. The summed E-state index contributed by atoms with van der Waals surface area (Å²) >= 11 is 0. The van der Waals surface area contributed by atoms with Crippen LogP contribution >= 0.6 is 0 Å². The first-order valence-electron chi connectivity index (χ1n) is 3.98. The Kier molecular flexibility index (Phi) is 0.845. The zero-order chi connectivity index (χ0) is 8.29. The van der Waals surface area contributed by atoms with Gasteiger partial charge in [0, 0.05) is 11.1 Å². The Morgan fingerprint density at radius 3 is 1.83 bits per heavy atom. The monoisotopic (exact) mass is 158 g/mol. The summed E-state index contributed by atoms with van der Waals surface area (Å²) in [6, 6.07) is 0. The maximum atomic E-state index is 11.3. The molecule has 2 bridgehead atoms. The van der Waals surface area contributed by atoms with Crippen LogP contribution in [0.5, 0.6) is 0 Å². The molecule has 3 aliphatic carbocycles. The topological polar surface area (TPSA) is 34.1 Å². The van der Waals surface area contributed by atoms with Crippen molar-refractivity contribution < 1.29 is 9.59 Å². The van der Waals surface area contributed by atoms with Crippen molar-refractivity contribution in [3.8, 4) is 0 Å². The van der Waals surface area contributed by atoms with Gasteiger partial charge in [-0.15, -0.1) is 0 Å². The second kappa shape index (κ2) is 1.66. The van der Waals surface area contributed by atoms with Crippen LogP contribution in [0.15, 0.2) is 34.4 Å². The number of Topliss-reactive ketones (excluding diaryl/α,β-unsaturated/α-hetero) is 2. The van der Waals surface area contributed by atoms with Crippen molar-refractivity contribution in [3.63, 3.8) is 0 Å².